The van der Waals surface area contributed by atoms with E-state index < -0.39 is 11.9 Å². The molecule has 0 radical (unpaired) electrons. The molecular weight excluding hydrogens is 352 g/mol. The summed E-state index contributed by atoms with van der Waals surface area (Å²) in [6.07, 6.45) is 2.49. The van der Waals surface area contributed by atoms with E-state index in [0.717, 1.165) is 20.4 Å². The van der Waals surface area contributed by atoms with Crippen molar-refractivity contribution in [2.45, 2.75) is 13.8 Å². The molecule has 27 heavy (non-hydrogen) atoms. The number of carbonyl (C=O) groups excluding carboxylic acids is 3. The predicted octanol–water partition coefficient (Wildman–Crippen LogP) is 1.87. The molecule has 0 fully saturated rings. The highest BCUT2D eigenvalue weighted by Crippen LogP contribution is 2.23. The molecule has 9 heteroatoms. The highest BCUT2D eigenvalue weighted by Gasteiger charge is 2.20. The van der Waals surface area contributed by atoms with Crippen molar-refractivity contribution in [2.24, 2.45) is 5.92 Å². The van der Waals surface area contributed by atoms with E-state index in [1.54, 1.807) is 32.0 Å². The van der Waals surface area contributed by atoms with E-state index >= 15 is 0 Å². The lowest BCUT2D eigenvalue weighted by Crippen LogP contribution is -2.18. The summed E-state index contributed by atoms with van der Waals surface area (Å²) >= 11 is 0. The summed E-state index contributed by atoms with van der Waals surface area (Å²) in [4.78, 5) is 43.6. The molecule has 0 saturated carbocycles. The molecule has 1 amide bonds. The zero-order chi connectivity index (χ0) is 20.0. The first-order valence-electron chi connectivity index (χ1n) is 8.06. The summed E-state index contributed by atoms with van der Waals surface area (Å²) in [7, 11) is 2.31. The number of esters is 2. The van der Waals surface area contributed by atoms with Gasteiger partial charge in [0.1, 0.15) is 12.1 Å². The molecule has 0 unspecified atom stereocenters. The van der Waals surface area contributed by atoms with Crippen LogP contribution in [0.1, 0.15) is 13.8 Å². The van der Waals surface area contributed by atoms with Crippen LogP contribution in [-0.4, -0.2) is 42.0 Å². The van der Waals surface area contributed by atoms with Gasteiger partial charge < -0.3 is 20.1 Å². The van der Waals surface area contributed by atoms with Crippen LogP contribution in [0.5, 0.6) is 0 Å². The molecule has 2 N–H and O–H groups in total. The predicted molar refractivity (Wildman–Crippen MR) is 98.7 cm³/mol. The Labute approximate surface area is 155 Å². The minimum absolute atomic E-state index is 0.126. The third-order valence-electron chi connectivity index (χ3n) is 3.59. The Hall–Kier alpha value is -3.49. The molecule has 0 aliphatic carbocycles. The zero-order valence-electron chi connectivity index (χ0n) is 15.4. The average molecular weight is 372 g/mol. The van der Waals surface area contributed by atoms with Gasteiger partial charge in [-0.15, -0.1) is 0 Å². The number of benzene rings is 1. The molecule has 0 atom stereocenters. The number of methoxy groups -OCH3 is 2. The number of carbonyl (C=O) groups is 3. The van der Waals surface area contributed by atoms with Crippen LogP contribution in [-0.2, 0) is 23.9 Å². The van der Waals surface area contributed by atoms with Crippen molar-refractivity contribution in [3.05, 3.63) is 36.3 Å². The monoisotopic (exact) mass is 372 g/mol. The first kappa shape index (κ1) is 19.8. The number of hydrogen-bond donors (Lipinski definition) is 2. The molecule has 0 saturated heterocycles. The van der Waals surface area contributed by atoms with E-state index in [0.29, 0.717) is 22.4 Å². The highest BCUT2D eigenvalue weighted by atomic mass is 16.5. The fourth-order valence-electron chi connectivity index (χ4n) is 2.10. The standard InChI is InChI=1S/C18H20N4O5/c1-10(2)16(23)22-11-5-6-14-12(7-11)15(21-9-20-14)19-8-13(17(24)26-3)18(25)27-4/h5-10H,1-4H3,(H,22,23)(H,19,20,21). The highest BCUT2D eigenvalue weighted by molar-refractivity contribution is 6.14. The van der Waals surface area contributed by atoms with Crippen molar-refractivity contribution in [1.82, 2.24) is 9.97 Å². The summed E-state index contributed by atoms with van der Waals surface area (Å²) in [5, 5.41) is 6.18. The van der Waals surface area contributed by atoms with Crippen LogP contribution >= 0.6 is 0 Å². The number of rotatable bonds is 6. The minimum atomic E-state index is -0.849. The van der Waals surface area contributed by atoms with Gasteiger partial charge in [0, 0.05) is 23.2 Å². The molecule has 0 aliphatic rings. The zero-order valence-corrected chi connectivity index (χ0v) is 15.4. The van der Waals surface area contributed by atoms with Crippen LogP contribution < -0.4 is 10.6 Å². The van der Waals surface area contributed by atoms with Gasteiger partial charge in [0.15, 0.2) is 5.57 Å². The van der Waals surface area contributed by atoms with E-state index in [1.807, 2.05) is 0 Å². The lowest BCUT2D eigenvalue weighted by molar-refractivity contribution is -0.144. The van der Waals surface area contributed by atoms with Crippen LogP contribution in [0.2, 0.25) is 0 Å². The Morgan fingerprint density at radius 2 is 1.74 bits per heavy atom. The summed E-state index contributed by atoms with van der Waals surface area (Å²) in [6.45, 7) is 3.58. The molecule has 1 aromatic heterocycles. The van der Waals surface area contributed by atoms with Crippen molar-refractivity contribution < 1.29 is 23.9 Å². The van der Waals surface area contributed by atoms with Crippen molar-refractivity contribution in [2.75, 3.05) is 24.9 Å². The second-order valence-electron chi connectivity index (χ2n) is 5.78. The van der Waals surface area contributed by atoms with Crippen molar-refractivity contribution >= 4 is 40.3 Å². The number of anilines is 2. The van der Waals surface area contributed by atoms with E-state index in [1.165, 1.54) is 6.33 Å². The molecule has 9 nitrogen and oxygen atoms in total. The van der Waals surface area contributed by atoms with Gasteiger partial charge in [-0.3, -0.25) is 4.79 Å². The van der Waals surface area contributed by atoms with E-state index in [9.17, 15) is 14.4 Å². The van der Waals surface area contributed by atoms with Gasteiger partial charge in [-0.05, 0) is 18.2 Å². The Balaban J connectivity index is 2.39. The third kappa shape index (κ3) is 4.78. The maximum absolute atomic E-state index is 11.9. The first-order chi connectivity index (χ1) is 12.9. The molecule has 142 valence electrons. The Kier molecular flexibility index (Phi) is 6.42. The number of nitrogens with zero attached hydrogens (tertiary/aromatic N) is 2. The molecule has 1 aromatic carbocycles. The summed E-state index contributed by atoms with van der Waals surface area (Å²) in [5.41, 5.74) is 0.862. The largest absolute Gasteiger partial charge is 0.465 e. The van der Waals surface area contributed by atoms with Crippen LogP contribution in [0.4, 0.5) is 11.5 Å². The Morgan fingerprint density at radius 1 is 1.07 bits per heavy atom. The number of nitrogens with one attached hydrogen (secondary N) is 2. The van der Waals surface area contributed by atoms with Gasteiger partial charge in [-0.25, -0.2) is 19.6 Å². The average Bonchev–Trinajstić information content (AvgIpc) is 2.67. The van der Waals surface area contributed by atoms with Gasteiger partial charge >= 0.3 is 11.9 Å². The Morgan fingerprint density at radius 3 is 2.33 bits per heavy atom. The van der Waals surface area contributed by atoms with Gasteiger partial charge in [-0.2, -0.15) is 0 Å². The molecule has 0 bridgehead atoms. The fraction of sp³-hybridized carbons (Fsp3) is 0.278. The van der Waals surface area contributed by atoms with Crippen molar-refractivity contribution in [3.8, 4) is 0 Å². The van der Waals surface area contributed by atoms with Gasteiger partial charge in [0.25, 0.3) is 0 Å². The summed E-state index contributed by atoms with van der Waals surface area (Å²) < 4.78 is 9.14. The third-order valence-corrected chi connectivity index (χ3v) is 3.59. The Bertz CT molecular complexity index is 890. The number of aromatic nitrogens is 2. The molecule has 2 aromatic rings. The van der Waals surface area contributed by atoms with Crippen molar-refractivity contribution in [1.29, 1.82) is 0 Å². The number of fused-ring (bicyclic) bond motifs is 1. The lowest BCUT2D eigenvalue weighted by Gasteiger charge is -2.10. The molecule has 2 rings (SSSR count). The molecule has 1 heterocycles. The van der Waals surface area contributed by atoms with Gasteiger partial charge in [-0.1, -0.05) is 13.8 Å². The maximum atomic E-state index is 11.9. The van der Waals surface area contributed by atoms with E-state index in [4.69, 9.17) is 0 Å². The molecular formula is C18H20N4O5. The normalized spacial score (nSPS) is 10.3. The van der Waals surface area contributed by atoms with Crippen molar-refractivity contribution in [3.63, 3.8) is 0 Å². The summed E-state index contributed by atoms with van der Waals surface area (Å²) in [5.74, 6) is -1.66. The quantitative estimate of drug-likeness (QED) is 0.341. The number of ether oxygens (including phenoxy) is 2. The second-order valence-corrected chi connectivity index (χ2v) is 5.78. The molecule has 0 aliphatic heterocycles. The smallest absolute Gasteiger partial charge is 0.346 e. The van der Waals surface area contributed by atoms with Crippen LogP contribution in [0.3, 0.4) is 0 Å². The van der Waals surface area contributed by atoms with Crippen LogP contribution in [0, 0.1) is 5.92 Å². The molecule has 0 spiro atoms. The minimum Gasteiger partial charge on any atom is -0.465 e. The van der Waals surface area contributed by atoms with E-state index in [2.05, 4.69) is 30.1 Å². The maximum Gasteiger partial charge on any atom is 0.346 e. The van der Waals surface area contributed by atoms with E-state index in [-0.39, 0.29) is 17.4 Å². The number of hydrogen-bond acceptors (Lipinski definition) is 8. The topological polar surface area (TPSA) is 120 Å². The number of amides is 1. The SMILES string of the molecule is COC(=O)C(=CNc1ncnc2ccc(NC(=O)C(C)C)cc12)C(=O)OC. The van der Waals surface area contributed by atoms with Crippen LogP contribution in [0.25, 0.3) is 10.9 Å². The lowest BCUT2D eigenvalue weighted by atomic mass is 10.1. The van der Waals surface area contributed by atoms with Gasteiger partial charge in [0.2, 0.25) is 5.91 Å². The second kappa shape index (κ2) is 8.75. The fourth-order valence-corrected chi connectivity index (χ4v) is 2.10. The van der Waals surface area contributed by atoms with Crippen LogP contribution in [0.15, 0.2) is 36.3 Å². The first-order valence-corrected chi connectivity index (χ1v) is 8.06. The van der Waals surface area contributed by atoms with Gasteiger partial charge in [0.05, 0.1) is 19.7 Å². The summed E-state index contributed by atoms with van der Waals surface area (Å²) in [6, 6.07) is 5.15.